The predicted molar refractivity (Wildman–Crippen MR) is 166 cm³/mol. The monoisotopic (exact) mass is 581 g/mol. The van der Waals surface area contributed by atoms with Gasteiger partial charge in [0.15, 0.2) is 0 Å². The Hall–Kier alpha value is -3.95. The minimum Gasteiger partial charge on any atom is -0.379 e. The SMILES string of the molecule is O=C(CCN1CCOCC1)Nc1cc(C(=O)N2CCc3ccccc3C2)ccc1N1CC2CC(C1)c1cccc(=O)n1C2. The topological polar surface area (TPSA) is 87.1 Å². The molecule has 7 rings (SSSR count). The van der Waals surface area contributed by atoms with Crippen molar-refractivity contribution in [2.45, 2.75) is 38.3 Å². The lowest BCUT2D eigenvalue weighted by atomic mass is 9.83. The van der Waals surface area contributed by atoms with Gasteiger partial charge >= 0.3 is 0 Å². The number of piperidine rings is 1. The van der Waals surface area contributed by atoms with E-state index in [1.54, 1.807) is 6.07 Å². The lowest BCUT2D eigenvalue weighted by molar-refractivity contribution is -0.116. The van der Waals surface area contributed by atoms with Crippen LogP contribution in [0.15, 0.2) is 65.5 Å². The number of aromatic nitrogens is 1. The summed E-state index contributed by atoms with van der Waals surface area (Å²) in [5.74, 6) is 0.499. The summed E-state index contributed by atoms with van der Waals surface area (Å²) in [5.41, 5.74) is 5.84. The van der Waals surface area contributed by atoms with Crippen molar-refractivity contribution in [3.05, 3.63) is 93.4 Å². The number of fused-ring (bicyclic) bond motifs is 5. The molecule has 2 saturated heterocycles. The summed E-state index contributed by atoms with van der Waals surface area (Å²) in [6.45, 7) is 7.26. The Kier molecular flexibility index (Phi) is 7.76. The molecule has 0 spiro atoms. The smallest absolute Gasteiger partial charge is 0.254 e. The highest BCUT2D eigenvalue weighted by Crippen LogP contribution is 2.39. The maximum absolute atomic E-state index is 13.7. The van der Waals surface area contributed by atoms with Crippen molar-refractivity contribution in [3.8, 4) is 0 Å². The Labute approximate surface area is 252 Å². The van der Waals surface area contributed by atoms with Gasteiger partial charge in [-0.2, -0.15) is 0 Å². The van der Waals surface area contributed by atoms with Crippen LogP contribution in [0.5, 0.6) is 0 Å². The summed E-state index contributed by atoms with van der Waals surface area (Å²) in [4.78, 5) is 46.1. The number of nitrogens with one attached hydrogen (secondary N) is 1. The van der Waals surface area contributed by atoms with E-state index in [4.69, 9.17) is 4.74 Å². The van der Waals surface area contributed by atoms with Gasteiger partial charge in [-0.1, -0.05) is 30.3 Å². The second-order valence-corrected chi connectivity index (χ2v) is 12.3. The van der Waals surface area contributed by atoms with Crippen molar-refractivity contribution in [3.63, 3.8) is 0 Å². The van der Waals surface area contributed by atoms with E-state index in [0.717, 1.165) is 50.4 Å². The third-order valence-corrected chi connectivity index (χ3v) is 9.51. The van der Waals surface area contributed by atoms with Crippen LogP contribution in [0.3, 0.4) is 0 Å². The number of anilines is 2. The molecule has 9 nitrogen and oxygen atoms in total. The van der Waals surface area contributed by atoms with Crippen LogP contribution in [0, 0.1) is 5.92 Å². The molecule has 1 aromatic heterocycles. The fraction of sp³-hybridized carbons (Fsp3) is 0.441. The zero-order chi connectivity index (χ0) is 29.3. The molecule has 0 radical (unpaired) electrons. The Morgan fingerprint density at radius 1 is 0.907 bits per heavy atom. The van der Waals surface area contributed by atoms with Crippen LogP contribution >= 0.6 is 0 Å². The third kappa shape index (κ3) is 5.84. The van der Waals surface area contributed by atoms with Gasteiger partial charge in [-0.15, -0.1) is 0 Å². The van der Waals surface area contributed by atoms with E-state index < -0.39 is 0 Å². The molecule has 2 amide bonds. The first-order valence-corrected chi connectivity index (χ1v) is 15.6. The van der Waals surface area contributed by atoms with Gasteiger partial charge in [-0.25, -0.2) is 0 Å². The predicted octanol–water partition coefficient (Wildman–Crippen LogP) is 3.33. The van der Waals surface area contributed by atoms with E-state index in [9.17, 15) is 14.4 Å². The van der Waals surface area contributed by atoms with Gasteiger partial charge in [0.1, 0.15) is 0 Å². The van der Waals surface area contributed by atoms with Crippen molar-refractivity contribution in [2.24, 2.45) is 5.92 Å². The number of hydrogen-bond acceptors (Lipinski definition) is 6. The number of amides is 2. The molecule has 0 saturated carbocycles. The summed E-state index contributed by atoms with van der Waals surface area (Å²) in [6, 6.07) is 19.6. The molecule has 1 N–H and O–H groups in total. The fourth-order valence-electron chi connectivity index (χ4n) is 7.29. The second kappa shape index (κ2) is 12.0. The number of carbonyl (C=O) groups excluding carboxylic acids is 2. The minimum absolute atomic E-state index is 0.0197. The average molecular weight is 582 g/mol. The lowest BCUT2D eigenvalue weighted by Crippen LogP contribution is -2.47. The number of ether oxygens (including phenoxy) is 1. The Bertz CT molecular complexity index is 1580. The molecule has 2 fully saturated rings. The number of benzene rings is 2. The fourth-order valence-corrected chi connectivity index (χ4v) is 7.29. The molecule has 2 bridgehead atoms. The summed E-state index contributed by atoms with van der Waals surface area (Å²) >= 11 is 0. The van der Waals surface area contributed by atoms with E-state index >= 15 is 0 Å². The highest BCUT2D eigenvalue weighted by Gasteiger charge is 2.35. The summed E-state index contributed by atoms with van der Waals surface area (Å²) in [7, 11) is 0. The van der Waals surface area contributed by atoms with Crippen LogP contribution in [0.25, 0.3) is 0 Å². The van der Waals surface area contributed by atoms with E-state index in [2.05, 4.69) is 39.4 Å². The molecular weight excluding hydrogens is 542 g/mol. The van der Waals surface area contributed by atoms with Crippen molar-refractivity contribution in [1.29, 1.82) is 0 Å². The second-order valence-electron chi connectivity index (χ2n) is 12.3. The van der Waals surface area contributed by atoms with Crippen LogP contribution in [0.1, 0.15) is 45.9 Å². The molecule has 2 unspecified atom stereocenters. The van der Waals surface area contributed by atoms with Gasteiger partial charge in [-0.3, -0.25) is 19.3 Å². The van der Waals surface area contributed by atoms with Crippen molar-refractivity contribution >= 4 is 23.2 Å². The van der Waals surface area contributed by atoms with Gasteiger partial charge in [-0.05, 0) is 54.2 Å². The zero-order valence-corrected chi connectivity index (χ0v) is 24.5. The molecule has 2 aromatic carbocycles. The van der Waals surface area contributed by atoms with Crippen LogP contribution in [0.2, 0.25) is 0 Å². The first-order valence-electron chi connectivity index (χ1n) is 15.6. The molecule has 4 aliphatic rings. The van der Waals surface area contributed by atoms with Gasteiger partial charge in [0.2, 0.25) is 5.91 Å². The van der Waals surface area contributed by atoms with E-state index in [-0.39, 0.29) is 23.3 Å². The number of nitrogens with zero attached hydrogens (tertiary/aromatic N) is 4. The summed E-state index contributed by atoms with van der Waals surface area (Å²) in [6.07, 6.45) is 2.27. The highest BCUT2D eigenvalue weighted by atomic mass is 16.5. The molecule has 2 atom stereocenters. The van der Waals surface area contributed by atoms with Crippen LogP contribution < -0.4 is 15.8 Å². The van der Waals surface area contributed by atoms with Crippen LogP contribution in [-0.2, 0) is 29.0 Å². The van der Waals surface area contributed by atoms with E-state index in [0.29, 0.717) is 63.0 Å². The first kappa shape index (κ1) is 27.9. The minimum atomic E-state index is -0.0571. The maximum Gasteiger partial charge on any atom is 0.254 e. The molecule has 224 valence electrons. The summed E-state index contributed by atoms with van der Waals surface area (Å²) in [5, 5.41) is 3.19. The Morgan fingerprint density at radius 3 is 2.60 bits per heavy atom. The van der Waals surface area contributed by atoms with Gasteiger partial charge < -0.3 is 24.4 Å². The van der Waals surface area contributed by atoms with E-state index in [1.807, 2.05) is 39.8 Å². The number of carbonyl (C=O) groups is 2. The highest BCUT2D eigenvalue weighted by molar-refractivity contribution is 6.00. The van der Waals surface area contributed by atoms with Crippen LogP contribution in [0.4, 0.5) is 11.4 Å². The first-order chi connectivity index (χ1) is 21.0. The van der Waals surface area contributed by atoms with E-state index in [1.165, 1.54) is 11.1 Å². The zero-order valence-electron chi connectivity index (χ0n) is 24.5. The van der Waals surface area contributed by atoms with Gasteiger partial charge in [0.05, 0.1) is 24.6 Å². The Balaban J connectivity index is 1.14. The number of morpholine rings is 1. The van der Waals surface area contributed by atoms with Crippen LogP contribution in [-0.4, -0.2) is 78.7 Å². The maximum atomic E-state index is 13.7. The average Bonchev–Trinajstić information content (AvgIpc) is 3.04. The number of rotatable bonds is 6. The molecule has 4 aliphatic heterocycles. The largest absolute Gasteiger partial charge is 0.379 e. The van der Waals surface area contributed by atoms with Gasteiger partial charge in [0.25, 0.3) is 11.5 Å². The molecule has 3 aromatic rings. The normalized spacial score (nSPS) is 21.6. The van der Waals surface area contributed by atoms with Crippen molar-refractivity contribution in [2.75, 3.05) is 62.7 Å². The van der Waals surface area contributed by atoms with Gasteiger partial charge in [0, 0.05) is 82.0 Å². The number of pyridine rings is 1. The number of hydrogen-bond donors (Lipinski definition) is 1. The molecule has 43 heavy (non-hydrogen) atoms. The molecule has 0 aliphatic carbocycles. The standard InChI is InChI=1S/C34H39N5O4/c40-32(11-12-36-14-16-43-17-15-36)35-29-19-26(34(42)37-13-10-25-4-1-2-5-27(25)22-37)8-9-31(29)38-20-24-18-28(23-38)30-6-3-7-33(41)39(30)21-24/h1-9,19,24,28H,10-18,20-23H2,(H,35,40). The lowest BCUT2D eigenvalue weighted by Gasteiger charge is -2.44. The molecular formula is C34H39N5O4. The van der Waals surface area contributed by atoms with Crippen molar-refractivity contribution < 1.29 is 14.3 Å². The quantitative estimate of drug-likeness (QED) is 0.481. The summed E-state index contributed by atoms with van der Waals surface area (Å²) < 4.78 is 7.38. The third-order valence-electron chi connectivity index (χ3n) is 9.51. The molecule has 5 heterocycles. The molecule has 9 heteroatoms. The van der Waals surface area contributed by atoms with Crippen molar-refractivity contribution in [1.82, 2.24) is 14.4 Å². The Morgan fingerprint density at radius 2 is 1.74 bits per heavy atom.